The van der Waals surface area contributed by atoms with Crippen molar-refractivity contribution < 1.29 is 9.59 Å². The molecular weight excluding hydrogens is 466 g/mol. The predicted molar refractivity (Wildman–Crippen MR) is 125 cm³/mol. The molecule has 0 aliphatic rings. The van der Waals surface area contributed by atoms with Crippen LogP contribution in [0.3, 0.4) is 0 Å². The van der Waals surface area contributed by atoms with Crippen molar-refractivity contribution in [3.05, 3.63) is 67.6 Å². The molecular formula is C22H24Cl4N2O2. The molecule has 1 N–H and O–H groups in total. The first kappa shape index (κ1) is 24.8. The van der Waals surface area contributed by atoms with Gasteiger partial charge in [-0.2, -0.15) is 0 Å². The van der Waals surface area contributed by atoms with Gasteiger partial charge in [0.2, 0.25) is 11.8 Å². The molecule has 0 fully saturated rings. The van der Waals surface area contributed by atoms with E-state index in [1.165, 1.54) is 4.90 Å². The van der Waals surface area contributed by atoms with Gasteiger partial charge in [-0.15, -0.1) is 0 Å². The van der Waals surface area contributed by atoms with Crippen LogP contribution in [0.25, 0.3) is 0 Å². The number of rotatable bonds is 8. The van der Waals surface area contributed by atoms with Crippen molar-refractivity contribution in [1.82, 2.24) is 10.2 Å². The maximum Gasteiger partial charge on any atom is 0.242 e. The summed E-state index contributed by atoms with van der Waals surface area (Å²) in [4.78, 5) is 27.5. The minimum Gasteiger partial charge on any atom is -0.352 e. The number of amides is 2. The van der Waals surface area contributed by atoms with E-state index in [-0.39, 0.29) is 30.8 Å². The summed E-state index contributed by atoms with van der Waals surface area (Å²) >= 11 is 24.8. The van der Waals surface area contributed by atoms with E-state index in [9.17, 15) is 9.59 Å². The summed E-state index contributed by atoms with van der Waals surface area (Å²) in [7, 11) is 0. The van der Waals surface area contributed by atoms with E-state index >= 15 is 0 Å². The van der Waals surface area contributed by atoms with E-state index in [0.717, 1.165) is 6.42 Å². The molecule has 0 radical (unpaired) electrons. The molecule has 2 rings (SSSR count). The Morgan fingerprint density at radius 2 is 1.63 bits per heavy atom. The van der Waals surface area contributed by atoms with Gasteiger partial charge in [0.15, 0.2) is 0 Å². The fraction of sp³-hybridized carbons (Fsp3) is 0.364. The molecule has 0 heterocycles. The van der Waals surface area contributed by atoms with E-state index in [4.69, 9.17) is 46.4 Å². The Bertz CT molecular complexity index is 900. The Hall–Kier alpha value is -1.46. The van der Waals surface area contributed by atoms with Gasteiger partial charge in [-0.05, 0) is 50.1 Å². The summed E-state index contributed by atoms with van der Waals surface area (Å²) in [6.07, 6.45) is 0.794. The van der Waals surface area contributed by atoms with Crippen molar-refractivity contribution in [2.45, 2.75) is 52.2 Å². The second-order valence-electron chi connectivity index (χ2n) is 7.13. The largest absolute Gasteiger partial charge is 0.352 e. The monoisotopic (exact) mass is 488 g/mol. The van der Waals surface area contributed by atoms with Crippen LogP contribution < -0.4 is 5.32 Å². The number of carbonyl (C=O) groups excluding carboxylic acids is 2. The Morgan fingerprint density at radius 1 is 1.00 bits per heavy atom. The zero-order valence-electron chi connectivity index (χ0n) is 17.0. The van der Waals surface area contributed by atoms with Gasteiger partial charge in [0, 0.05) is 38.2 Å². The standard InChI is InChI=1S/C22H24Cl4N2O2/c1-4-13(2)27-22(30)14(3)28(12-17-18(24)6-5-7-19(17)25)21(29)10-15-8-9-16(23)11-20(15)26/h5-9,11,13-14H,4,10,12H2,1-3H3,(H,27,30)/t13-,14-/m0/s1. The average molecular weight is 490 g/mol. The van der Waals surface area contributed by atoms with Crippen molar-refractivity contribution in [3.63, 3.8) is 0 Å². The van der Waals surface area contributed by atoms with E-state index in [1.807, 2.05) is 13.8 Å². The van der Waals surface area contributed by atoms with E-state index in [2.05, 4.69) is 5.32 Å². The molecule has 4 nitrogen and oxygen atoms in total. The van der Waals surface area contributed by atoms with Crippen molar-refractivity contribution in [2.75, 3.05) is 0 Å². The summed E-state index contributed by atoms with van der Waals surface area (Å²) in [5.74, 6) is -0.523. The summed E-state index contributed by atoms with van der Waals surface area (Å²) in [6, 6.07) is 9.35. The quantitative estimate of drug-likeness (QED) is 0.481. The zero-order valence-corrected chi connectivity index (χ0v) is 20.0. The van der Waals surface area contributed by atoms with Gasteiger partial charge >= 0.3 is 0 Å². The van der Waals surface area contributed by atoms with Crippen LogP contribution in [0.4, 0.5) is 0 Å². The zero-order chi connectivity index (χ0) is 22.4. The third-order valence-corrected chi connectivity index (χ3v) is 6.21. The van der Waals surface area contributed by atoms with Crippen LogP contribution in [0.5, 0.6) is 0 Å². The lowest BCUT2D eigenvalue weighted by Crippen LogP contribution is -2.50. The third kappa shape index (κ3) is 6.52. The van der Waals surface area contributed by atoms with Crippen LogP contribution in [0.1, 0.15) is 38.3 Å². The molecule has 2 amide bonds. The second-order valence-corrected chi connectivity index (χ2v) is 8.79. The van der Waals surface area contributed by atoms with Gasteiger partial charge in [-0.25, -0.2) is 0 Å². The average Bonchev–Trinajstić information content (AvgIpc) is 2.69. The van der Waals surface area contributed by atoms with Gasteiger partial charge in [0.25, 0.3) is 0 Å². The Morgan fingerprint density at radius 3 is 2.20 bits per heavy atom. The Labute approximate surface area is 197 Å². The van der Waals surface area contributed by atoms with Crippen molar-refractivity contribution in [1.29, 1.82) is 0 Å². The van der Waals surface area contributed by atoms with Gasteiger partial charge in [-0.3, -0.25) is 9.59 Å². The topological polar surface area (TPSA) is 49.4 Å². The SMILES string of the molecule is CC[C@H](C)NC(=O)[C@H](C)N(Cc1c(Cl)cccc1Cl)C(=O)Cc1ccc(Cl)cc1Cl. The van der Waals surface area contributed by atoms with Gasteiger partial charge < -0.3 is 10.2 Å². The number of carbonyl (C=O) groups is 2. The summed E-state index contributed by atoms with van der Waals surface area (Å²) in [5.41, 5.74) is 1.20. The van der Waals surface area contributed by atoms with E-state index < -0.39 is 6.04 Å². The third-order valence-electron chi connectivity index (χ3n) is 4.92. The highest BCUT2D eigenvalue weighted by Crippen LogP contribution is 2.28. The minimum absolute atomic E-state index is 0.00786. The van der Waals surface area contributed by atoms with Crippen LogP contribution in [-0.4, -0.2) is 28.8 Å². The molecule has 8 heteroatoms. The first-order valence-electron chi connectivity index (χ1n) is 9.60. The Kier molecular flexibility index (Phi) is 9.30. The van der Waals surface area contributed by atoms with E-state index in [1.54, 1.807) is 43.3 Å². The summed E-state index contributed by atoms with van der Waals surface area (Å²) in [6.45, 7) is 5.67. The molecule has 2 atom stereocenters. The first-order valence-corrected chi connectivity index (χ1v) is 11.1. The number of hydrogen-bond acceptors (Lipinski definition) is 2. The molecule has 0 aromatic heterocycles. The van der Waals surface area contributed by atoms with Gasteiger partial charge in [0.05, 0.1) is 6.42 Å². The van der Waals surface area contributed by atoms with Crippen LogP contribution in [0, 0.1) is 0 Å². The molecule has 162 valence electrons. The number of hydrogen-bond donors (Lipinski definition) is 1. The lowest BCUT2D eigenvalue weighted by Gasteiger charge is -2.30. The number of benzene rings is 2. The van der Waals surface area contributed by atoms with Crippen LogP contribution in [0.2, 0.25) is 20.1 Å². The van der Waals surface area contributed by atoms with E-state index in [0.29, 0.717) is 31.2 Å². The lowest BCUT2D eigenvalue weighted by molar-refractivity contribution is -0.140. The van der Waals surface area contributed by atoms with Crippen molar-refractivity contribution in [3.8, 4) is 0 Å². The molecule has 0 aliphatic carbocycles. The summed E-state index contributed by atoms with van der Waals surface area (Å²) < 4.78 is 0. The maximum absolute atomic E-state index is 13.2. The normalized spacial score (nSPS) is 12.9. The number of nitrogens with one attached hydrogen (secondary N) is 1. The fourth-order valence-corrected chi connectivity index (χ4v) is 3.82. The smallest absolute Gasteiger partial charge is 0.242 e. The Balaban J connectivity index is 2.34. The van der Waals surface area contributed by atoms with Crippen LogP contribution >= 0.6 is 46.4 Å². The van der Waals surface area contributed by atoms with Crippen LogP contribution in [-0.2, 0) is 22.6 Å². The number of halogens is 4. The van der Waals surface area contributed by atoms with Gasteiger partial charge in [0.1, 0.15) is 6.04 Å². The molecule has 0 saturated heterocycles. The molecule has 2 aromatic carbocycles. The lowest BCUT2D eigenvalue weighted by atomic mass is 10.1. The number of nitrogens with zero attached hydrogens (tertiary/aromatic N) is 1. The highest BCUT2D eigenvalue weighted by molar-refractivity contribution is 6.36. The fourth-order valence-electron chi connectivity index (χ4n) is 2.83. The summed E-state index contributed by atoms with van der Waals surface area (Å²) in [5, 5.41) is 4.66. The highest BCUT2D eigenvalue weighted by atomic mass is 35.5. The predicted octanol–water partition coefficient (Wildman–Crippen LogP) is 6.17. The molecule has 0 unspecified atom stereocenters. The minimum atomic E-state index is -0.732. The van der Waals surface area contributed by atoms with Crippen LogP contribution in [0.15, 0.2) is 36.4 Å². The second kappa shape index (κ2) is 11.2. The molecule has 30 heavy (non-hydrogen) atoms. The molecule has 0 spiro atoms. The molecule has 0 bridgehead atoms. The molecule has 2 aromatic rings. The van der Waals surface area contributed by atoms with Crippen molar-refractivity contribution >= 4 is 58.2 Å². The molecule has 0 saturated carbocycles. The molecule has 0 aliphatic heterocycles. The first-order chi connectivity index (χ1) is 14.1. The van der Waals surface area contributed by atoms with Crippen molar-refractivity contribution in [2.24, 2.45) is 0 Å². The van der Waals surface area contributed by atoms with Gasteiger partial charge in [-0.1, -0.05) is 65.5 Å². The highest BCUT2D eigenvalue weighted by Gasteiger charge is 2.28. The maximum atomic E-state index is 13.2.